The quantitative estimate of drug-likeness (QED) is 0.548. The van der Waals surface area contributed by atoms with Gasteiger partial charge in [0.05, 0.1) is 0 Å². The lowest BCUT2D eigenvalue weighted by atomic mass is 9.81. The summed E-state index contributed by atoms with van der Waals surface area (Å²) >= 11 is 0. The van der Waals surface area contributed by atoms with E-state index >= 15 is 0 Å². The first-order valence-corrected chi connectivity index (χ1v) is 10.5. The van der Waals surface area contributed by atoms with E-state index in [1.807, 2.05) is 0 Å². The SMILES string of the molecule is C1=CC2=CC3CCC(CCC4CCC5C=C6C=CC=C6C=C54)C3=CC2=C1. The van der Waals surface area contributed by atoms with Gasteiger partial charge in [0.1, 0.15) is 0 Å². The van der Waals surface area contributed by atoms with Crippen molar-refractivity contribution in [2.45, 2.75) is 38.5 Å². The first-order chi connectivity index (χ1) is 12.8. The van der Waals surface area contributed by atoms with E-state index in [2.05, 4.69) is 60.8 Å². The van der Waals surface area contributed by atoms with Crippen LogP contribution in [0.25, 0.3) is 0 Å². The van der Waals surface area contributed by atoms with Crippen LogP contribution >= 0.6 is 0 Å². The molecule has 0 aromatic rings. The molecule has 0 heteroatoms. The molecule has 0 amide bonds. The predicted octanol–water partition coefficient (Wildman–Crippen LogP) is 6.54. The Hall–Kier alpha value is -2.08. The normalized spacial score (nSPS) is 35.7. The van der Waals surface area contributed by atoms with Crippen LogP contribution in [0.15, 0.2) is 94.2 Å². The van der Waals surface area contributed by atoms with Crippen LogP contribution in [0.5, 0.6) is 0 Å². The lowest BCUT2D eigenvalue weighted by Crippen LogP contribution is -2.10. The molecule has 26 heavy (non-hydrogen) atoms. The molecule has 4 unspecified atom stereocenters. The molecule has 6 aliphatic rings. The largest absolute Gasteiger partial charge is 0.0695 e. The fourth-order valence-corrected chi connectivity index (χ4v) is 6.12. The minimum absolute atomic E-state index is 0.723. The average Bonchev–Trinajstić information content (AvgIpc) is 3.42. The van der Waals surface area contributed by atoms with Gasteiger partial charge in [0.15, 0.2) is 0 Å². The highest BCUT2D eigenvalue weighted by Gasteiger charge is 2.35. The fourth-order valence-electron chi connectivity index (χ4n) is 6.12. The van der Waals surface area contributed by atoms with E-state index < -0.39 is 0 Å². The molecule has 6 aliphatic carbocycles. The van der Waals surface area contributed by atoms with Crippen LogP contribution in [0.2, 0.25) is 0 Å². The maximum Gasteiger partial charge on any atom is -0.000775 e. The maximum absolute atomic E-state index is 2.53. The first kappa shape index (κ1) is 15.0. The number of hydrogen-bond donors (Lipinski definition) is 0. The van der Waals surface area contributed by atoms with Crippen molar-refractivity contribution in [1.82, 2.24) is 0 Å². The van der Waals surface area contributed by atoms with Crippen LogP contribution in [-0.4, -0.2) is 0 Å². The summed E-state index contributed by atoms with van der Waals surface area (Å²) in [6.45, 7) is 0. The Morgan fingerprint density at radius 3 is 1.62 bits per heavy atom. The van der Waals surface area contributed by atoms with E-state index in [4.69, 9.17) is 0 Å². The smallest absolute Gasteiger partial charge is 0.000775 e. The third-order valence-electron chi connectivity index (χ3n) is 7.49. The highest BCUT2D eigenvalue weighted by Crippen LogP contribution is 2.49. The zero-order valence-electron chi connectivity index (χ0n) is 15.3. The summed E-state index contributed by atoms with van der Waals surface area (Å²) in [6, 6.07) is 0. The second-order valence-electron chi connectivity index (χ2n) is 8.83. The van der Waals surface area contributed by atoms with Gasteiger partial charge in [-0.3, -0.25) is 0 Å². The summed E-state index contributed by atoms with van der Waals surface area (Å²) < 4.78 is 0. The van der Waals surface area contributed by atoms with E-state index in [-0.39, 0.29) is 0 Å². The first-order valence-electron chi connectivity index (χ1n) is 10.5. The van der Waals surface area contributed by atoms with E-state index in [1.165, 1.54) is 60.8 Å². The van der Waals surface area contributed by atoms with E-state index in [0.717, 1.165) is 23.7 Å². The second kappa shape index (κ2) is 5.71. The zero-order chi connectivity index (χ0) is 17.1. The Morgan fingerprint density at radius 1 is 0.615 bits per heavy atom. The van der Waals surface area contributed by atoms with Gasteiger partial charge >= 0.3 is 0 Å². The fraction of sp³-hybridized carbons (Fsp3) is 0.385. The van der Waals surface area contributed by atoms with Gasteiger partial charge in [-0.05, 0) is 84.5 Å². The summed E-state index contributed by atoms with van der Waals surface area (Å²) in [4.78, 5) is 0. The molecule has 0 spiro atoms. The number of rotatable bonds is 3. The van der Waals surface area contributed by atoms with Crippen molar-refractivity contribution < 1.29 is 0 Å². The van der Waals surface area contributed by atoms with Crippen molar-refractivity contribution in [3.05, 3.63) is 94.2 Å². The Balaban J connectivity index is 1.16. The van der Waals surface area contributed by atoms with Gasteiger partial charge in [-0.1, -0.05) is 71.9 Å². The minimum atomic E-state index is 0.723. The van der Waals surface area contributed by atoms with Crippen molar-refractivity contribution in [2.24, 2.45) is 23.7 Å². The van der Waals surface area contributed by atoms with Crippen molar-refractivity contribution in [2.75, 3.05) is 0 Å². The van der Waals surface area contributed by atoms with Crippen LogP contribution < -0.4 is 0 Å². The third-order valence-corrected chi connectivity index (χ3v) is 7.49. The molecule has 0 aromatic carbocycles. The molecule has 2 fully saturated rings. The van der Waals surface area contributed by atoms with Crippen molar-refractivity contribution >= 4 is 0 Å². The van der Waals surface area contributed by atoms with Gasteiger partial charge < -0.3 is 0 Å². The molecule has 0 aromatic heterocycles. The van der Waals surface area contributed by atoms with Crippen molar-refractivity contribution in [3.8, 4) is 0 Å². The molecule has 0 heterocycles. The molecular formula is C26H26. The Labute approximate surface area is 156 Å². The Kier molecular flexibility index (Phi) is 3.30. The number of hydrogen-bond acceptors (Lipinski definition) is 0. The molecule has 6 rings (SSSR count). The number of fused-ring (bicyclic) bond motifs is 4. The van der Waals surface area contributed by atoms with Crippen LogP contribution in [0.1, 0.15) is 38.5 Å². The molecule has 2 saturated carbocycles. The van der Waals surface area contributed by atoms with Crippen LogP contribution in [0, 0.1) is 23.7 Å². The minimum Gasteiger partial charge on any atom is -0.0695 e. The van der Waals surface area contributed by atoms with Crippen LogP contribution in [0.4, 0.5) is 0 Å². The second-order valence-corrected chi connectivity index (χ2v) is 8.83. The zero-order valence-corrected chi connectivity index (χ0v) is 15.3. The molecule has 130 valence electrons. The van der Waals surface area contributed by atoms with Gasteiger partial charge in [-0.15, -0.1) is 0 Å². The predicted molar refractivity (Wildman–Crippen MR) is 108 cm³/mol. The molecular weight excluding hydrogens is 312 g/mol. The third kappa shape index (κ3) is 2.28. The summed E-state index contributed by atoms with van der Waals surface area (Å²) in [5.74, 6) is 3.09. The average molecular weight is 338 g/mol. The Morgan fingerprint density at radius 2 is 1.12 bits per heavy atom. The lowest BCUT2D eigenvalue weighted by molar-refractivity contribution is 0.469. The Bertz CT molecular complexity index is 830. The van der Waals surface area contributed by atoms with E-state index in [1.54, 1.807) is 11.1 Å². The topological polar surface area (TPSA) is 0 Å². The summed E-state index contributed by atoms with van der Waals surface area (Å²) in [5, 5.41) is 0. The molecule has 0 N–H and O–H groups in total. The molecule has 0 nitrogen and oxygen atoms in total. The van der Waals surface area contributed by atoms with Gasteiger partial charge in [-0.2, -0.15) is 0 Å². The molecule has 0 radical (unpaired) electrons. The van der Waals surface area contributed by atoms with E-state index in [0.29, 0.717) is 0 Å². The van der Waals surface area contributed by atoms with Gasteiger partial charge in [-0.25, -0.2) is 0 Å². The summed E-state index contributed by atoms with van der Waals surface area (Å²) in [6.07, 6.45) is 31.9. The molecule has 0 aliphatic heterocycles. The highest BCUT2D eigenvalue weighted by molar-refractivity contribution is 5.59. The van der Waals surface area contributed by atoms with Gasteiger partial charge in [0.2, 0.25) is 0 Å². The monoisotopic (exact) mass is 338 g/mol. The van der Waals surface area contributed by atoms with Gasteiger partial charge in [0, 0.05) is 0 Å². The van der Waals surface area contributed by atoms with E-state index in [9.17, 15) is 0 Å². The van der Waals surface area contributed by atoms with Crippen molar-refractivity contribution in [1.29, 1.82) is 0 Å². The van der Waals surface area contributed by atoms with Crippen LogP contribution in [-0.2, 0) is 0 Å². The summed E-state index contributed by atoms with van der Waals surface area (Å²) in [5.41, 5.74) is 9.31. The summed E-state index contributed by atoms with van der Waals surface area (Å²) in [7, 11) is 0. The molecule has 4 atom stereocenters. The highest BCUT2D eigenvalue weighted by atomic mass is 14.4. The standard InChI is InChI=1S/C26H26/c1-3-19-13-23-11-9-17(25(23)15-21(19)5-1)7-8-18-10-12-24-14-20-4-2-6-22(20)16-26(18)24/h1-6,13-18,23-24H,7-12H2. The van der Waals surface area contributed by atoms with Gasteiger partial charge in [0.25, 0.3) is 0 Å². The molecule has 0 bridgehead atoms. The lowest BCUT2D eigenvalue weighted by Gasteiger charge is -2.23. The van der Waals surface area contributed by atoms with Crippen molar-refractivity contribution in [3.63, 3.8) is 0 Å². The van der Waals surface area contributed by atoms with Crippen LogP contribution in [0.3, 0.4) is 0 Å². The maximum atomic E-state index is 2.53. The molecule has 0 saturated heterocycles. The number of allylic oxidation sites excluding steroid dienone is 16.